The lowest BCUT2D eigenvalue weighted by Crippen LogP contribution is -2.31. The average molecular weight is 217 g/mol. The molecule has 1 aliphatic carbocycles. The summed E-state index contributed by atoms with van der Waals surface area (Å²) in [5, 5.41) is 0. The standard InChI is InChI=1S/C15H23N/c1-10-8-9-13(12(3)11(10)2)14-6-4-5-7-15(14)16/h8-9,14-15H,4-7,16H2,1-3H3. The van der Waals surface area contributed by atoms with Gasteiger partial charge in [-0.25, -0.2) is 0 Å². The fourth-order valence-electron chi connectivity index (χ4n) is 2.92. The van der Waals surface area contributed by atoms with Crippen molar-refractivity contribution >= 4 is 0 Å². The molecule has 0 aromatic heterocycles. The van der Waals surface area contributed by atoms with Crippen LogP contribution in [-0.2, 0) is 0 Å². The minimum Gasteiger partial charge on any atom is -0.327 e. The second-order valence-corrected chi connectivity index (χ2v) is 5.28. The number of rotatable bonds is 1. The molecule has 0 spiro atoms. The van der Waals surface area contributed by atoms with E-state index in [1.807, 2.05) is 0 Å². The van der Waals surface area contributed by atoms with Crippen LogP contribution >= 0.6 is 0 Å². The Kier molecular flexibility index (Phi) is 3.34. The number of nitrogens with two attached hydrogens (primary N) is 1. The van der Waals surface area contributed by atoms with Gasteiger partial charge in [0.25, 0.3) is 0 Å². The molecule has 0 amide bonds. The Morgan fingerprint density at radius 3 is 2.38 bits per heavy atom. The molecule has 2 atom stereocenters. The number of hydrogen-bond donors (Lipinski definition) is 1. The molecule has 1 heteroatoms. The van der Waals surface area contributed by atoms with Gasteiger partial charge >= 0.3 is 0 Å². The Hall–Kier alpha value is -0.820. The van der Waals surface area contributed by atoms with Crippen molar-refractivity contribution < 1.29 is 0 Å². The summed E-state index contributed by atoms with van der Waals surface area (Å²) in [5.41, 5.74) is 12.1. The van der Waals surface area contributed by atoms with Crippen molar-refractivity contribution in [3.8, 4) is 0 Å². The van der Waals surface area contributed by atoms with Gasteiger partial charge in [-0.05, 0) is 61.8 Å². The van der Waals surface area contributed by atoms with Gasteiger partial charge in [-0.15, -0.1) is 0 Å². The maximum atomic E-state index is 6.27. The van der Waals surface area contributed by atoms with Crippen LogP contribution in [0.2, 0.25) is 0 Å². The molecule has 1 saturated carbocycles. The van der Waals surface area contributed by atoms with Gasteiger partial charge in [-0.2, -0.15) is 0 Å². The first-order valence-electron chi connectivity index (χ1n) is 6.43. The molecule has 2 N–H and O–H groups in total. The Balaban J connectivity index is 2.36. The van der Waals surface area contributed by atoms with Gasteiger partial charge in [0.1, 0.15) is 0 Å². The van der Waals surface area contributed by atoms with Crippen LogP contribution in [0.15, 0.2) is 12.1 Å². The molecule has 0 radical (unpaired) electrons. The largest absolute Gasteiger partial charge is 0.327 e. The molecule has 1 nitrogen and oxygen atoms in total. The maximum absolute atomic E-state index is 6.27. The van der Waals surface area contributed by atoms with E-state index in [0.29, 0.717) is 12.0 Å². The molecular weight excluding hydrogens is 194 g/mol. The summed E-state index contributed by atoms with van der Waals surface area (Å²) in [6, 6.07) is 4.92. The lowest BCUT2D eigenvalue weighted by Gasteiger charge is -2.30. The topological polar surface area (TPSA) is 26.0 Å². The summed E-state index contributed by atoms with van der Waals surface area (Å²) in [4.78, 5) is 0. The SMILES string of the molecule is Cc1ccc(C2CCCCC2N)c(C)c1C. The van der Waals surface area contributed by atoms with Gasteiger partial charge in [0.15, 0.2) is 0 Å². The van der Waals surface area contributed by atoms with E-state index in [-0.39, 0.29) is 0 Å². The molecule has 88 valence electrons. The molecule has 16 heavy (non-hydrogen) atoms. The van der Waals surface area contributed by atoms with E-state index in [2.05, 4.69) is 32.9 Å². The number of aryl methyl sites for hydroxylation is 1. The van der Waals surface area contributed by atoms with Gasteiger partial charge in [-0.1, -0.05) is 25.0 Å². The Morgan fingerprint density at radius 1 is 1.00 bits per heavy atom. The second kappa shape index (κ2) is 4.58. The first-order chi connectivity index (χ1) is 7.61. The predicted molar refractivity (Wildman–Crippen MR) is 69.8 cm³/mol. The van der Waals surface area contributed by atoms with E-state index in [1.165, 1.54) is 47.9 Å². The molecule has 2 unspecified atom stereocenters. The lowest BCUT2D eigenvalue weighted by atomic mass is 9.78. The number of benzene rings is 1. The molecule has 0 aliphatic heterocycles. The quantitative estimate of drug-likeness (QED) is 0.764. The molecule has 1 aromatic carbocycles. The van der Waals surface area contributed by atoms with Crippen molar-refractivity contribution in [2.24, 2.45) is 5.73 Å². The zero-order valence-electron chi connectivity index (χ0n) is 10.7. The summed E-state index contributed by atoms with van der Waals surface area (Å²) in [6.07, 6.45) is 5.10. The Bertz CT molecular complexity index is 381. The van der Waals surface area contributed by atoms with Gasteiger partial charge in [0.05, 0.1) is 0 Å². The second-order valence-electron chi connectivity index (χ2n) is 5.28. The predicted octanol–water partition coefficient (Wildman–Crippen LogP) is 3.60. The maximum Gasteiger partial charge on any atom is 0.0108 e. The minimum absolute atomic E-state index is 0.370. The van der Waals surface area contributed by atoms with Crippen LogP contribution in [0.5, 0.6) is 0 Å². The van der Waals surface area contributed by atoms with Crippen molar-refractivity contribution in [2.75, 3.05) is 0 Å². The highest BCUT2D eigenvalue weighted by Gasteiger charge is 2.24. The fourth-order valence-corrected chi connectivity index (χ4v) is 2.92. The van der Waals surface area contributed by atoms with Crippen molar-refractivity contribution in [1.82, 2.24) is 0 Å². The molecule has 0 heterocycles. The van der Waals surface area contributed by atoms with Crippen molar-refractivity contribution in [3.05, 3.63) is 34.4 Å². The van der Waals surface area contributed by atoms with Crippen LogP contribution in [0.3, 0.4) is 0 Å². The van der Waals surface area contributed by atoms with Gasteiger partial charge in [0, 0.05) is 6.04 Å². The molecule has 1 fully saturated rings. The summed E-state index contributed by atoms with van der Waals surface area (Å²) >= 11 is 0. The Labute approximate surface area is 99.0 Å². The third-order valence-corrected chi connectivity index (χ3v) is 4.32. The molecule has 0 saturated heterocycles. The van der Waals surface area contributed by atoms with Gasteiger partial charge in [-0.3, -0.25) is 0 Å². The number of hydrogen-bond acceptors (Lipinski definition) is 1. The normalized spacial score (nSPS) is 25.8. The van der Waals surface area contributed by atoms with Crippen LogP contribution in [0, 0.1) is 20.8 Å². The summed E-state index contributed by atoms with van der Waals surface area (Å²) in [5.74, 6) is 0.591. The lowest BCUT2D eigenvalue weighted by molar-refractivity contribution is 0.384. The first-order valence-corrected chi connectivity index (χ1v) is 6.43. The van der Waals surface area contributed by atoms with E-state index in [1.54, 1.807) is 0 Å². The fraction of sp³-hybridized carbons (Fsp3) is 0.600. The van der Waals surface area contributed by atoms with E-state index in [4.69, 9.17) is 5.73 Å². The van der Waals surface area contributed by atoms with Crippen molar-refractivity contribution in [2.45, 2.75) is 58.4 Å². The van der Waals surface area contributed by atoms with E-state index >= 15 is 0 Å². The highest BCUT2D eigenvalue weighted by Crippen LogP contribution is 2.34. The van der Waals surface area contributed by atoms with Crippen LogP contribution in [0.1, 0.15) is 53.9 Å². The zero-order chi connectivity index (χ0) is 11.7. The molecule has 1 aliphatic rings. The molecule has 2 rings (SSSR count). The first kappa shape index (κ1) is 11.7. The summed E-state index contributed by atoms with van der Waals surface area (Å²) < 4.78 is 0. The summed E-state index contributed by atoms with van der Waals surface area (Å²) in [6.45, 7) is 6.66. The third-order valence-electron chi connectivity index (χ3n) is 4.32. The molecule has 1 aromatic rings. The Morgan fingerprint density at radius 2 is 1.69 bits per heavy atom. The van der Waals surface area contributed by atoms with Crippen LogP contribution < -0.4 is 5.73 Å². The van der Waals surface area contributed by atoms with Gasteiger partial charge in [0.2, 0.25) is 0 Å². The highest BCUT2D eigenvalue weighted by molar-refractivity contribution is 5.41. The third kappa shape index (κ3) is 2.01. The van der Waals surface area contributed by atoms with E-state index < -0.39 is 0 Å². The van der Waals surface area contributed by atoms with E-state index in [9.17, 15) is 0 Å². The summed E-state index contributed by atoms with van der Waals surface area (Å²) in [7, 11) is 0. The van der Waals surface area contributed by atoms with Crippen molar-refractivity contribution in [3.63, 3.8) is 0 Å². The van der Waals surface area contributed by atoms with E-state index in [0.717, 1.165) is 0 Å². The monoisotopic (exact) mass is 217 g/mol. The van der Waals surface area contributed by atoms with Crippen LogP contribution in [0.4, 0.5) is 0 Å². The zero-order valence-corrected chi connectivity index (χ0v) is 10.7. The highest BCUT2D eigenvalue weighted by atomic mass is 14.7. The van der Waals surface area contributed by atoms with Gasteiger partial charge < -0.3 is 5.73 Å². The van der Waals surface area contributed by atoms with Crippen LogP contribution in [-0.4, -0.2) is 6.04 Å². The average Bonchev–Trinajstić information content (AvgIpc) is 2.28. The van der Waals surface area contributed by atoms with Crippen LogP contribution in [0.25, 0.3) is 0 Å². The van der Waals surface area contributed by atoms with Crippen molar-refractivity contribution in [1.29, 1.82) is 0 Å². The minimum atomic E-state index is 0.370. The smallest absolute Gasteiger partial charge is 0.0108 e. The molecule has 0 bridgehead atoms. The molecular formula is C15H23N.